The second-order valence-corrected chi connectivity index (χ2v) is 4.56. The SMILES string of the molecule is CC(=O)OCCCCCNCc1ccc(C)cc1. The molecule has 0 unspecified atom stereocenters. The lowest BCUT2D eigenvalue weighted by atomic mass is 10.1. The molecule has 0 saturated carbocycles. The van der Waals surface area contributed by atoms with E-state index in [9.17, 15) is 4.79 Å². The van der Waals surface area contributed by atoms with Crippen molar-refractivity contribution in [2.75, 3.05) is 13.2 Å². The Kier molecular flexibility index (Phi) is 7.11. The lowest BCUT2D eigenvalue weighted by molar-refractivity contribution is -0.141. The summed E-state index contributed by atoms with van der Waals surface area (Å²) in [6, 6.07) is 8.58. The van der Waals surface area contributed by atoms with Gasteiger partial charge in [-0.05, 0) is 38.3 Å². The quantitative estimate of drug-likeness (QED) is 0.568. The largest absolute Gasteiger partial charge is 0.466 e. The zero-order valence-electron chi connectivity index (χ0n) is 11.4. The van der Waals surface area contributed by atoms with Gasteiger partial charge in [-0.3, -0.25) is 4.79 Å². The zero-order valence-corrected chi connectivity index (χ0v) is 11.4. The molecule has 0 radical (unpaired) electrons. The Morgan fingerprint density at radius 3 is 2.56 bits per heavy atom. The smallest absolute Gasteiger partial charge is 0.302 e. The van der Waals surface area contributed by atoms with Gasteiger partial charge in [-0.2, -0.15) is 0 Å². The van der Waals surface area contributed by atoms with E-state index >= 15 is 0 Å². The first-order valence-electron chi connectivity index (χ1n) is 6.58. The Hall–Kier alpha value is -1.35. The fourth-order valence-corrected chi connectivity index (χ4v) is 1.68. The minimum absolute atomic E-state index is 0.188. The van der Waals surface area contributed by atoms with E-state index in [1.807, 2.05) is 0 Å². The molecule has 0 aliphatic carbocycles. The predicted molar refractivity (Wildman–Crippen MR) is 73.4 cm³/mol. The third-order valence-electron chi connectivity index (χ3n) is 2.75. The molecule has 0 bridgehead atoms. The van der Waals surface area contributed by atoms with Crippen molar-refractivity contribution in [1.29, 1.82) is 0 Å². The second kappa shape index (κ2) is 8.70. The van der Waals surface area contributed by atoms with Crippen LogP contribution in [0.25, 0.3) is 0 Å². The average molecular weight is 249 g/mol. The summed E-state index contributed by atoms with van der Waals surface area (Å²) in [5.41, 5.74) is 2.62. The van der Waals surface area contributed by atoms with Gasteiger partial charge in [-0.1, -0.05) is 29.8 Å². The summed E-state index contributed by atoms with van der Waals surface area (Å²) in [6.45, 7) is 6.02. The average Bonchev–Trinajstić information content (AvgIpc) is 2.34. The van der Waals surface area contributed by atoms with Gasteiger partial charge in [0.2, 0.25) is 0 Å². The Bertz CT molecular complexity index is 346. The first-order valence-corrected chi connectivity index (χ1v) is 6.58. The molecule has 0 amide bonds. The van der Waals surface area contributed by atoms with Crippen LogP contribution in [-0.2, 0) is 16.1 Å². The molecule has 0 spiro atoms. The molecule has 0 aromatic heterocycles. The molecule has 0 fully saturated rings. The number of carbonyl (C=O) groups is 1. The van der Waals surface area contributed by atoms with Crippen LogP contribution in [0.3, 0.4) is 0 Å². The highest BCUT2D eigenvalue weighted by Gasteiger charge is 1.94. The van der Waals surface area contributed by atoms with E-state index in [1.165, 1.54) is 18.1 Å². The van der Waals surface area contributed by atoms with Gasteiger partial charge in [0.15, 0.2) is 0 Å². The maximum Gasteiger partial charge on any atom is 0.302 e. The number of nitrogens with one attached hydrogen (secondary N) is 1. The van der Waals surface area contributed by atoms with Crippen LogP contribution in [0.15, 0.2) is 24.3 Å². The molecule has 0 aliphatic rings. The number of ether oxygens (including phenoxy) is 1. The van der Waals surface area contributed by atoms with Crippen molar-refractivity contribution < 1.29 is 9.53 Å². The lowest BCUT2D eigenvalue weighted by Crippen LogP contribution is -2.14. The molecule has 18 heavy (non-hydrogen) atoms. The Morgan fingerprint density at radius 1 is 1.17 bits per heavy atom. The summed E-state index contributed by atoms with van der Waals surface area (Å²) in [7, 11) is 0. The number of hydrogen-bond donors (Lipinski definition) is 1. The number of benzene rings is 1. The van der Waals surface area contributed by atoms with Crippen LogP contribution >= 0.6 is 0 Å². The molecule has 3 heteroatoms. The summed E-state index contributed by atoms with van der Waals surface area (Å²) in [4.78, 5) is 10.5. The molecular weight excluding hydrogens is 226 g/mol. The van der Waals surface area contributed by atoms with Crippen LogP contribution in [0, 0.1) is 6.92 Å². The summed E-state index contributed by atoms with van der Waals surface area (Å²) in [6.07, 6.45) is 3.16. The molecular formula is C15H23NO2. The van der Waals surface area contributed by atoms with E-state index in [4.69, 9.17) is 4.74 Å². The van der Waals surface area contributed by atoms with Crippen LogP contribution in [0.5, 0.6) is 0 Å². The summed E-state index contributed by atoms with van der Waals surface area (Å²) >= 11 is 0. The number of aryl methyl sites for hydroxylation is 1. The van der Waals surface area contributed by atoms with Gasteiger partial charge < -0.3 is 10.1 Å². The number of esters is 1. The first kappa shape index (κ1) is 14.7. The molecule has 1 aromatic carbocycles. The Morgan fingerprint density at radius 2 is 1.89 bits per heavy atom. The van der Waals surface area contributed by atoms with Crippen LogP contribution in [0.2, 0.25) is 0 Å². The molecule has 3 nitrogen and oxygen atoms in total. The number of rotatable bonds is 8. The van der Waals surface area contributed by atoms with Crippen LogP contribution in [0.1, 0.15) is 37.3 Å². The maximum absolute atomic E-state index is 10.5. The molecule has 1 N–H and O–H groups in total. The molecule has 0 saturated heterocycles. The highest BCUT2D eigenvalue weighted by Crippen LogP contribution is 2.02. The van der Waals surface area contributed by atoms with E-state index < -0.39 is 0 Å². The Balaban J connectivity index is 1.95. The molecule has 1 aromatic rings. The standard InChI is InChI=1S/C15H23NO2/c1-13-6-8-15(9-7-13)12-16-10-4-3-5-11-18-14(2)17/h6-9,16H,3-5,10-12H2,1-2H3. The van der Waals surface area contributed by atoms with Gasteiger partial charge >= 0.3 is 5.97 Å². The normalized spacial score (nSPS) is 10.3. The maximum atomic E-state index is 10.5. The van der Waals surface area contributed by atoms with Crippen molar-refractivity contribution in [3.8, 4) is 0 Å². The van der Waals surface area contributed by atoms with Crippen molar-refractivity contribution >= 4 is 5.97 Å². The molecule has 0 atom stereocenters. The topological polar surface area (TPSA) is 38.3 Å². The fraction of sp³-hybridized carbons (Fsp3) is 0.533. The molecule has 0 aliphatic heterocycles. The Labute approximate surface area is 110 Å². The highest BCUT2D eigenvalue weighted by molar-refractivity contribution is 5.65. The third-order valence-corrected chi connectivity index (χ3v) is 2.75. The first-order chi connectivity index (χ1) is 8.68. The van der Waals surface area contributed by atoms with Crippen molar-refractivity contribution in [1.82, 2.24) is 5.32 Å². The minimum Gasteiger partial charge on any atom is -0.466 e. The highest BCUT2D eigenvalue weighted by atomic mass is 16.5. The summed E-state index contributed by atoms with van der Waals surface area (Å²) in [5.74, 6) is -0.188. The van der Waals surface area contributed by atoms with Gasteiger partial charge in [-0.15, -0.1) is 0 Å². The van der Waals surface area contributed by atoms with E-state index in [0.717, 1.165) is 32.4 Å². The van der Waals surface area contributed by atoms with Gasteiger partial charge in [0.25, 0.3) is 0 Å². The fourth-order valence-electron chi connectivity index (χ4n) is 1.68. The van der Waals surface area contributed by atoms with Crippen molar-refractivity contribution in [3.05, 3.63) is 35.4 Å². The lowest BCUT2D eigenvalue weighted by Gasteiger charge is -2.05. The number of unbranched alkanes of at least 4 members (excludes halogenated alkanes) is 2. The monoisotopic (exact) mass is 249 g/mol. The predicted octanol–water partition coefficient (Wildman–Crippen LogP) is 2.82. The van der Waals surface area contributed by atoms with E-state index in [1.54, 1.807) is 0 Å². The van der Waals surface area contributed by atoms with Gasteiger partial charge in [0.1, 0.15) is 0 Å². The minimum atomic E-state index is -0.188. The number of hydrogen-bond acceptors (Lipinski definition) is 3. The third kappa shape index (κ3) is 7.07. The molecule has 100 valence electrons. The second-order valence-electron chi connectivity index (χ2n) is 4.56. The van der Waals surface area contributed by atoms with Crippen LogP contribution < -0.4 is 5.32 Å². The van der Waals surface area contributed by atoms with Gasteiger partial charge in [0, 0.05) is 13.5 Å². The van der Waals surface area contributed by atoms with Crippen molar-refractivity contribution in [2.45, 2.75) is 39.7 Å². The summed E-state index contributed by atoms with van der Waals surface area (Å²) < 4.78 is 4.87. The van der Waals surface area contributed by atoms with E-state index in [2.05, 4.69) is 36.5 Å². The molecule has 1 rings (SSSR count). The van der Waals surface area contributed by atoms with Gasteiger partial charge in [-0.25, -0.2) is 0 Å². The van der Waals surface area contributed by atoms with Crippen LogP contribution in [0.4, 0.5) is 0 Å². The van der Waals surface area contributed by atoms with Crippen molar-refractivity contribution in [3.63, 3.8) is 0 Å². The van der Waals surface area contributed by atoms with Crippen molar-refractivity contribution in [2.24, 2.45) is 0 Å². The zero-order chi connectivity index (χ0) is 13.2. The van der Waals surface area contributed by atoms with Gasteiger partial charge in [0.05, 0.1) is 6.61 Å². The van der Waals surface area contributed by atoms with E-state index in [0.29, 0.717) is 6.61 Å². The summed E-state index contributed by atoms with van der Waals surface area (Å²) in [5, 5.41) is 3.41. The van der Waals surface area contributed by atoms with Crippen LogP contribution in [-0.4, -0.2) is 19.1 Å². The number of carbonyl (C=O) groups excluding carboxylic acids is 1. The van der Waals surface area contributed by atoms with E-state index in [-0.39, 0.29) is 5.97 Å². The molecule has 0 heterocycles.